The number of carbonyl (C=O) groups excluding carboxylic acids is 2. The predicted octanol–water partition coefficient (Wildman–Crippen LogP) is 1.47. The molecule has 0 aliphatic carbocycles. The summed E-state index contributed by atoms with van der Waals surface area (Å²) in [5, 5.41) is 2.47. The summed E-state index contributed by atoms with van der Waals surface area (Å²) < 4.78 is 13.9. The fourth-order valence-corrected chi connectivity index (χ4v) is 3.60. The lowest BCUT2D eigenvalue weighted by Crippen LogP contribution is -2.35. The van der Waals surface area contributed by atoms with Crippen molar-refractivity contribution in [3.63, 3.8) is 0 Å². The molecule has 0 saturated carbocycles. The normalized spacial score (nSPS) is 17.8. The maximum absolute atomic E-state index is 13.9. The number of amides is 2. The van der Waals surface area contributed by atoms with Gasteiger partial charge in [0.1, 0.15) is 11.2 Å². The molecule has 23 heavy (non-hydrogen) atoms. The van der Waals surface area contributed by atoms with Gasteiger partial charge < -0.3 is 15.1 Å². The van der Waals surface area contributed by atoms with E-state index in [1.807, 2.05) is 19.0 Å². The molecule has 1 aliphatic heterocycles. The third kappa shape index (κ3) is 4.94. The molecule has 1 aromatic rings. The van der Waals surface area contributed by atoms with Crippen LogP contribution < -0.4 is 5.32 Å². The zero-order chi connectivity index (χ0) is 16.8. The van der Waals surface area contributed by atoms with Gasteiger partial charge in [-0.15, -0.1) is 11.8 Å². The summed E-state index contributed by atoms with van der Waals surface area (Å²) in [5.74, 6) is -0.144. The summed E-state index contributed by atoms with van der Waals surface area (Å²) in [4.78, 5) is 27.5. The Bertz CT molecular complexity index is 568. The molecule has 5 nitrogen and oxygen atoms in total. The van der Waals surface area contributed by atoms with Crippen LogP contribution in [0.15, 0.2) is 24.3 Å². The minimum Gasteiger partial charge on any atom is -0.355 e. The first kappa shape index (κ1) is 17.7. The van der Waals surface area contributed by atoms with Crippen LogP contribution in [-0.2, 0) is 9.59 Å². The standard InChI is InChI=1S/C16H22FN3O2S/c1-19(2)10-8-18-14(21)7-9-20-15(22)11-23-16(20)12-5-3-4-6-13(12)17/h3-6,16H,7-11H2,1-2H3,(H,18,21)/t16-/m0/s1. The van der Waals surface area contributed by atoms with Crippen molar-refractivity contribution < 1.29 is 14.0 Å². The first-order valence-electron chi connectivity index (χ1n) is 7.56. The average Bonchev–Trinajstić information content (AvgIpc) is 2.86. The lowest BCUT2D eigenvalue weighted by atomic mass is 10.2. The number of thioether (sulfide) groups is 1. The fourth-order valence-electron chi connectivity index (χ4n) is 2.36. The van der Waals surface area contributed by atoms with Crippen LogP contribution in [0.4, 0.5) is 4.39 Å². The van der Waals surface area contributed by atoms with Gasteiger partial charge in [0.25, 0.3) is 0 Å². The van der Waals surface area contributed by atoms with Crippen LogP contribution in [0.5, 0.6) is 0 Å². The van der Waals surface area contributed by atoms with Crippen LogP contribution in [0.1, 0.15) is 17.4 Å². The average molecular weight is 339 g/mol. The number of halogens is 1. The highest BCUT2D eigenvalue weighted by molar-refractivity contribution is 8.00. The minimum absolute atomic E-state index is 0.0515. The van der Waals surface area contributed by atoms with Gasteiger partial charge in [-0.3, -0.25) is 9.59 Å². The highest BCUT2D eigenvalue weighted by Crippen LogP contribution is 2.39. The Hall–Kier alpha value is -1.60. The molecule has 1 heterocycles. The van der Waals surface area contributed by atoms with Crippen LogP contribution in [0.2, 0.25) is 0 Å². The van der Waals surface area contributed by atoms with Gasteiger partial charge in [-0.1, -0.05) is 18.2 Å². The molecular weight excluding hydrogens is 317 g/mol. The molecule has 1 aromatic carbocycles. The molecule has 1 atom stereocenters. The number of nitrogens with zero attached hydrogens (tertiary/aromatic N) is 2. The Labute approximate surface area is 140 Å². The van der Waals surface area contributed by atoms with Crippen molar-refractivity contribution in [3.8, 4) is 0 Å². The van der Waals surface area contributed by atoms with E-state index in [0.717, 1.165) is 6.54 Å². The molecule has 1 N–H and O–H groups in total. The van der Waals surface area contributed by atoms with Crippen molar-refractivity contribution in [2.75, 3.05) is 39.5 Å². The zero-order valence-electron chi connectivity index (χ0n) is 13.4. The fraction of sp³-hybridized carbons (Fsp3) is 0.500. The second kappa shape index (κ2) is 8.31. The lowest BCUT2D eigenvalue weighted by molar-refractivity contribution is -0.129. The Kier molecular flexibility index (Phi) is 6.41. The summed E-state index contributed by atoms with van der Waals surface area (Å²) in [6, 6.07) is 6.47. The monoisotopic (exact) mass is 339 g/mol. The van der Waals surface area contributed by atoms with Crippen LogP contribution in [0.3, 0.4) is 0 Å². The van der Waals surface area contributed by atoms with Gasteiger partial charge in [-0.2, -0.15) is 0 Å². The molecule has 0 bridgehead atoms. The molecule has 1 aliphatic rings. The van der Waals surface area contributed by atoms with E-state index in [9.17, 15) is 14.0 Å². The Morgan fingerprint density at radius 3 is 2.87 bits per heavy atom. The van der Waals surface area contributed by atoms with Crippen molar-refractivity contribution in [1.29, 1.82) is 0 Å². The lowest BCUT2D eigenvalue weighted by Gasteiger charge is -2.24. The van der Waals surface area contributed by atoms with Gasteiger partial charge in [0.2, 0.25) is 11.8 Å². The topological polar surface area (TPSA) is 52.7 Å². The predicted molar refractivity (Wildman–Crippen MR) is 89.5 cm³/mol. The third-order valence-corrected chi connectivity index (χ3v) is 4.84. The number of carbonyl (C=O) groups is 2. The summed E-state index contributed by atoms with van der Waals surface area (Å²) >= 11 is 1.40. The van der Waals surface area contributed by atoms with E-state index < -0.39 is 0 Å². The molecule has 2 rings (SSSR count). The molecule has 0 radical (unpaired) electrons. The molecular formula is C16H22FN3O2S. The zero-order valence-corrected chi connectivity index (χ0v) is 14.2. The number of rotatable bonds is 7. The minimum atomic E-state index is -0.349. The number of benzene rings is 1. The van der Waals surface area contributed by atoms with Gasteiger partial charge in [0, 0.05) is 31.6 Å². The SMILES string of the molecule is CN(C)CCNC(=O)CCN1C(=O)CS[C@H]1c1ccccc1F. The van der Waals surface area contributed by atoms with E-state index in [2.05, 4.69) is 5.32 Å². The highest BCUT2D eigenvalue weighted by Gasteiger charge is 2.34. The molecule has 0 unspecified atom stereocenters. The first-order chi connectivity index (χ1) is 11.0. The Morgan fingerprint density at radius 2 is 2.17 bits per heavy atom. The smallest absolute Gasteiger partial charge is 0.233 e. The summed E-state index contributed by atoms with van der Waals surface area (Å²) in [6.07, 6.45) is 0.227. The van der Waals surface area contributed by atoms with Crippen LogP contribution >= 0.6 is 11.8 Å². The molecule has 1 saturated heterocycles. The maximum Gasteiger partial charge on any atom is 0.233 e. The van der Waals surface area contributed by atoms with Gasteiger partial charge >= 0.3 is 0 Å². The highest BCUT2D eigenvalue weighted by atomic mass is 32.2. The first-order valence-corrected chi connectivity index (χ1v) is 8.61. The van der Waals surface area contributed by atoms with Gasteiger partial charge in [-0.05, 0) is 20.2 Å². The van der Waals surface area contributed by atoms with Gasteiger partial charge in [-0.25, -0.2) is 4.39 Å². The van der Waals surface area contributed by atoms with Crippen molar-refractivity contribution in [1.82, 2.24) is 15.1 Å². The van der Waals surface area contributed by atoms with Crippen molar-refractivity contribution in [2.24, 2.45) is 0 Å². The van der Waals surface area contributed by atoms with E-state index in [1.54, 1.807) is 23.1 Å². The Balaban J connectivity index is 1.91. The largest absolute Gasteiger partial charge is 0.355 e. The second-order valence-electron chi connectivity index (χ2n) is 5.68. The van der Waals surface area contributed by atoms with Gasteiger partial charge in [0.05, 0.1) is 5.75 Å². The molecule has 7 heteroatoms. The van der Waals surface area contributed by atoms with Crippen LogP contribution in [0.25, 0.3) is 0 Å². The molecule has 2 amide bonds. The van der Waals surface area contributed by atoms with Crippen LogP contribution in [-0.4, -0.2) is 61.1 Å². The number of hydrogen-bond acceptors (Lipinski definition) is 4. The second-order valence-corrected chi connectivity index (χ2v) is 6.74. The van der Waals surface area contributed by atoms with E-state index in [-0.39, 0.29) is 29.4 Å². The van der Waals surface area contributed by atoms with E-state index in [0.29, 0.717) is 24.4 Å². The van der Waals surface area contributed by atoms with Crippen molar-refractivity contribution in [2.45, 2.75) is 11.8 Å². The Morgan fingerprint density at radius 1 is 1.43 bits per heavy atom. The van der Waals surface area contributed by atoms with Crippen molar-refractivity contribution in [3.05, 3.63) is 35.6 Å². The summed E-state index contributed by atoms with van der Waals surface area (Å²) in [5.41, 5.74) is 0.497. The number of likely N-dealkylation sites (N-methyl/N-ethyl adjacent to an activating group) is 1. The maximum atomic E-state index is 13.9. The molecule has 0 aromatic heterocycles. The number of nitrogens with one attached hydrogen (secondary N) is 1. The molecule has 126 valence electrons. The van der Waals surface area contributed by atoms with E-state index >= 15 is 0 Å². The molecule has 0 spiro atoms. The summed E-state index contributed by atoms with van der Waals surface area (Å²) in [7, 11) is 3.87. The third-order valence-electron chi connectivity index (χ3n) is 3.60. The van der Waals surface area contributed by atoms with Gasteiger partial charge in [0.15, 0.2) is 0 Å². The van der Waals surface area contributed by atoms with E-state index in [4.69, 9.17) is 0 Å². The molecule has 1 fully saturated rings. The van der Waals surface area contributed by atoms with E-state index in [1.165, 1.54) is 17.8 Å². The summed E-state index contributed by atoms with van der Waals surface area (Å²) in [6.45, 7) is 1.64. The quantitative estimate of drug-likeness (QED) is 0.817. The number of hydrogen-bond donors (Lipinski definition) is 1. The van der Waals surface area contributed by atoms with Crippen LogP contribution in [0, 0.1) is 5.82 Å². The van der Waals surface area contributed by atoms with Crippen molar-refractivity contribution >= 4 is 23.6 Å².